The summed E-state index contributed by atoms with van der Waals surface area (Å²) in [5, 5.41) is 14.1. The van der Waals surface area contributed by atoms with E-state index in [0.717, 1.165) is 30.3 Å². The molecule has 0 spiro atoms. The summed E-state index contributed by atoms with van der Waals surface area (Å²) in [6.45, 7) is 1.92. The third-order valence-electron chi connectivity index (χ3n) is 2.34. The van der Waals surface area contributed by atoms with Crippen LogP contribution < -0.4 is 5.32 Å². The van der Waals surface area contributed by atoms with Crippen LogP contribution in [0.25, 0.3) is 0 Å². The number of hydrogen-bond acceptors (Lipinski definition) is 4. The lowest BCUT2D eigenvalue weighted by Gasteiger charge is -2.17. The summed E-state index contributed by atoms with van der Waals surface area (Å²) >= 11 is 1.70. The minimum absolute atomic E-state index is 0.259. The first-order valence-electron chi connectivity index (χ1n) is 4.46. The van der Waals surface area contributed by atoms with Crippen molar-refractivity contribution in [3.63, 3.8) is 0 Å². The zero-order valence-corrected chi connectivity index (χ0v) is 7.81. The van der Waals surface area contributed by atoms with Gasteiger partial charge in [0, 0.05) is 18.3 Å². The number of aliphatic hydroxyl groups excluding tert-OH is 1. The van der Waals surface area contributed by atoms with Crippen LogP contribution in [0.5, 0.6) is 0 Å². The molecule has 0 aromatic heterocycles. The van der Waals surface area contributed by atoms with Gasteiger partial charge < -0.3 is 10.4 Å². The molecule has 1 saturated heterocycles. The Morgan fingerprint density at radius 3 is 3.17 bits per heavy atom. The second kappa shape index (κ2) is 3.77. The molecule has 2 aliphatic rings. The second-order valence-electron chi connectivity index (χ2n) is 3.22. The summed E-state index contributed by atoms with van der Waals surface area (Å²) in [6.07, 6.45) is 1.92. The fourth-order valence-electron chi connectivity index (χ4n) is 1.68. The molecule has 3 nitrogen and oxygen atoms in total. The molecule has 12 heavy (non-hydrogen) atoms. The highest BCUT2D eigenvalue weighted by Gasteiger charge is 2.28. The Morgan fingerprint density at radius 1 is 1.67 bits per heavy atom. The van der Waals surface area contributed by atoms with Crippen molar-refractivity contribution in [2.45, 2.75) is 25.0 Å². The molecular formula is C8H14N2OS. The number of aliphatic imine (C=N–C) groups is 1. The number of aliphatic hydroxyl groups is 1. The second-order valence-corrected chi connectivity index (χ2v) is 4.33. The van der Waals surface area contributed by atoms with E-state index >= 15 is 0 Å². The maximum atomic E-state index is 9.83. The van der Waals surface area contributed by atoms with Gasteiger partial charge in [-0.2, -0.15) is 0 Å². The molecule has 0 aromatic carbocycles. The summed E-state index contributed by atoms with van der Waals surface area (Å²) in [7, 11) is 0. The van der Waals surface area contributed by atoms with Gasteiger partial charge in [-0.25, -0.2) is 0 Å². The summed E-state index contributed by atoms with van der Waals surface area (Å²) in [6, 6.07) is 0.259. The Labute approximate surface area is 76.6 Å². The molecule has 4 heteroatoms. The topological polar surface area (TPSA) is 44.6 Å². The van der Waals surface area contributed by atoms with Crippen LogP contribution in [-0.2, 0) is 0 Å². The van der Waals surface area contributed by atoms with Crippen molar-refractivity contribution in [3.8, 4) is 0 Å². The number of rotatable bonds is 2. The SMILES string of the molecule is OC(C1=NCCS1)[C@@H]1CCCN1. The van der Waals surface area contributed by atoms with Crippen molar-refractivity contribution in [3.05, 3.63) is 0 Å². The highest BCUT2D eigenvalue weighted by molar-refractivity contribution is 8.14. The van der Waals surface area contributed by atoms with Gasteiger partial charge in [-0.3, -0.25) is 4.99 Å². The molecule has 0 saturated carbocycles. The third-order valence-corrected chi connectivity index (χ3v) is 3.39. The van der Waals surface area contributed by atoms with E-state index in [0.29, 0.717) is 0 Å². The average molecular weight is 186 g/mol. The summed E-state index contributed by atoms with van der Waals surface area (Å²) in [4.78, 5) is 4.27. The average Bonchev–Trinajstić information content (AvgIpc) is 2.77. The third kappa shape index (κ3) is 1.65. The van der Waals surface area contributed by atoms with Crippen LogP contribution in [0.15, 0.2) is 4.99 Å². The number of hydrogen-bond donors (Lipinski definition) is 2. The quantitative estimate of drug-likeness (QED) is 0.649. The van der Waals surface area contributed by atoms with Crippen molar-refractivity contribution in [1.82, 2.24) is 5.32 Å². The number of thioether (sulfide) groups is 1. The maximum Gasteiger partial charge on any atom is 0.117 e. The molecular weight excluding hydrogens is 172 g/mol. The normalized spacial score (nSPS) is 32.1. The van der Waals surface area contributed by atoms with Crippen LogP contribution in [0.1, 0.15) is 12.8 Å². The fraction of sp³-hybridized carbons (Fsp3) is 0.875. The van der Waals surface area contributed by atoms with E-state index in [1.165, 1.54) is 6.42 Å². The van der Waals surface area contributed by atoms with E-state index in [-0.39, 0.29) is 12.1 Å². The Balaban J connectivity index is 1.93. The molecule has 0 amide bonds. The summed E-state index contributed by atoms with van der Waals surface area (Å²) in [5.74, 6) is 1.04. The van der Waals surface area contributed by atoms with E-state index < -0.39 is 0 Å². The van der Waals surface area contributed by atoms with Crippen LogP contribution in [0, 0.1) is 0 Å². The predicted molar refractivity (Wildman–Crippen MR) is 51.8 cm³/mol. The van der Waals surface area contributed by atoms with Crippen LogP contribution in [0.3, 0.4) is 0 Å². The largest absolute Gasteiger partial charge is 0.385 e. The molecule has 0 radical (unpaired) electrons. The maximum absolute atomic E-state index is 9.83. The zero-order valence-electron chi connectivity index (χ0n) is 6.99. The van der Waals surface area contributed by atoms with Gasteiger partial charge in [0.1, 0.15) is 6.10 Å². The minimum atomic E-state index is -0.347. The lowest BCUT2D eigenvalue weighted by molar-refractivity contribution is 0.202. The molecule has 0 aromatic rings. The van der Waals surface area contributed by atoms with Gasteiger partial charge in [-0.05, 0) is 19.4 Å². The van der Waals surface area contributed by atoms with Crippen molar-refractivity contribution in [2.24, 2.45) is 4.99 Å². The molecule has 1 unspecified atom stereocenters. The van der Waals surface area contributed by atoms with Gasteiger partial charge in [0.25, 0.3) is 0 Å². The van der Waals surface area contributed by atoms with Gasteiger partial charge in [0.05, 0.1) is 5.04 Å². The monoisotopic (exact) mass is 186 g/mol. The molecule has 2 rings (SSSR count). The van der Waals surface area contributed by atoms with Crippen LogP contribution >= 0.6 is 11.8 Å². The van der Waals surface area contributed by atoms with Crippen molar-refractivity contribution in [1.29, 1.82) is 0 Å². The van der Waals surface area contributed by atoms with Crippen LogP contribution in [0.2, 0.25) is 0 Å². The highest BCUT2D eigenvalue weighted by Crippen LogP contribution is 2.20. The van der Waals surface area contributed by atoms with Gasteiger partial charge >= 0.3 is 0 Å². The first-order valence-corrected chi connectivity index (χ1v) is 5.45. The molecule has 2 aliphatic heterocycles. The molecule has 68 valence electrons. The minimum Gasteiger partial charge on any atom is -0.385 e. The lowest BCUT2D eigenvalue weighted by atomic mass is 10.1. The molecule has 0 aliphatic carbocycles. The fourth-order valence-corrected chi connectivity index (χ4v) is 2.59. The van der Waals surface area contributed by atoms with E-state index in [1.807, 2.05) is 0 Å². The molecule has 0 bridgehead atoms. The van der Waals surface area contributed by atoms with E-state index in [9.17, 15) is 5.11 Å². The van der Waals surface area contributed by atoms with Crippen LogP contribution in [-0.4, -0.2) is 41.1 Å². The Morgan fingerprint density at radius 2 is 2.58 bits per heavy atom. The summed E-state index contributed by atoms with van der Waals surface area (Å²) in [5.41, 5.74) is 0. The predicted octanol–water partition coefficient (Wildman–Crippen LogP) is 0.245. The van der Waals surface area contributed by atoms with Crippen LogP contribution in [0.4, 0.5) is 0 Å². The van der Waals surface area contributed by atoms with E-state index in [4.69, 9.17) is 0 Å². The Bertz CT molecular complexity index is 189. The number of nitrogens with one attached hydrogen (secondary N) is 1. The smallest absolute Gasteiger partial charge is 0.117 e. The number of nitrogens with zero attached hydrogens (tertiary/aromatic N) is 1. The zero-order chi connectivity index (χ0) is 8.39. The van der Waals surface area contributed by atoms with Crippen molar-refractivity contribution < 1.29 is 5.11 Å². The summed E-state index contributed by atoms with van der Waals surface area (Å²) < 4.78 is 0. The lowest BCUT2D eigenvalue weighted by Crippen LogP contribution is -2.38. The standard InChI is InChI=1S/C8H14N2OS/c11-7(6-2-1-3-9-6)8-10-4-5-12-8/h6-7,9,11H,1-5H2/t6-,7?/m0/s1. The molecule has 2 atom stereocenters. The highest BCUT2D eigenvalue weighted by atomic mass is 32.2. The van der Waals surface area contributed by atoms with Gasteiger partial charge in [0.2, 0.25) is 0 Å². The van der Waals surface area contributed by atoms with E-state index in [2.05, 4.69) is 10.3 Å². The molecule has 2 heterocycles. The first kappa shape index (κ1) is 8.53. The molecule has 2 N–H and O–H groups in total. The van der Waals surface area contributed by atoms with Gasteiger partial charge in [-0.1, -0.05) is 0 Å². The van der Waals surface area contributed by atoms with Crippen molar-refractivity contribution >= 4 is 16.8 Å². The Hall–Kier alpha value is -0.0600. The van der Waals surface area contributed by atoms with Crippen molar-refractivity contribution in [2.75, 3.05) is 18.8 Å². The molecule has 1 fully saturated rings. The van der Waals surface area contributed by atoms with Gasteiger partial charge in [-0.15, -0.1) is 11.8 Å². The van der Waals surface area contributed by atoms with E-state index in [1.54, 1.807) is 11.8 Å². The Kier molecular flexibility index (Phi) is 2.68. The first-order chi connectivity index (χ1) is 5.88. The van der Waals surface area contributed by atoms with Gasteiger partial charge in [0.15, 0.2) is 0 Å².